The van der Waals surface area contributed by atoms with Crippen molar-refractivity contribution in [3.8, 4) is 0 Å². The Morgan fingerprint density at radius 2 is 2.30 bits per heavy atom. The molecule has 0 aromatic carbocycles. The van der Waals surface area contributed by atoms with Crippen molar-refractivity contribution < 1.29 is 27.1 Å². The molecule has 0 aromatic heterocycles. The van der Waals surface area contributed by atoms with E-state index in [4.69, 9.17) is 4.84 Å². The number of hydrogen-bond donors (Lipinski definition) is 1. The van der Waals surface area contributed by atoms with E-state index >= 15 is 0 Å². The normalized spacial score (nSPS) is 11.0. The van der Waals surface area contributed by atoms with Crippen LogP contribution < -0.4 is 17.5 Å². The van der Waals surface area contributed by atoms with Gasteiger partial charge in [-0.2, -0.15) is 0 Å². The van der Waals surface area contributed by atoms with Gasteiger partial charge in [-0.3, -0.25) is 4.84 Å². The summed E-state index contributed by atoms with van der Waals surface area (Å²) in [6.07, 6.45) is 1.15. The van der Waals surface area contributed by atoms with Crippen LogP contribution in [0.2, 0.25) is 0 Å². The average Bonchev–Trinajstić information content (AvgIpc) is 1.87. The average molecular weight is 166 g/mol. The van der Waals surface area contributed by atoms with E-state index in [2.05, 4.69) is 6.58 Å². The summed E-state index contributed by atoms with van der Waals surface area (Å²) >= 11 is 0. The summed E-state index contributed by atoms with van der Waals surface area (Å²) in [5.74, 6) is -0.380. The van der Waals surface area contributed by atoms with Gasteiger partial charge in [-0.15, -0.1) is 5.06 Å². The lowest BCUT2D eigenvalue weighted by molar-refractivity contribution is -1.06. The number of halogens is 1. The molecule has 0 amide bonds. The molecule has 1 N–H and O–H groups in total. The SMILES string of the molecule is C=CC(=O)O[NH+](C)CC.[Cl-]. The maximum absolute atomic E-state index is 10.4. The van der Waals surface area contributed by atoms with E-state index in [1.165, 1.54) is 0 Å². The predicted molar refractivity (Wildman–Crippen MR) is 33.7 cm³/mol. The molecule has 0 aliphatic rings. The van der Waals surface area contributed by atoms with Crippen LogP contribution in [0, 0.1) is 0 Å². The summed E-state index contributed by atoms with van der Waals surface area (Å²) in [5, 5.41) is 0.722. The van der Waals surface area contributed by atoms with E-state index in [-0.39, 0.29) is 18.4 Å². The number of carbonyl (C=O) groups is 1. The van der Waals surface area contributed by atoms with Crippen LogP contribution in [0.15, 0.2) is 12.7 Å². The van der Waals surface area contributed by atoms with Gasteiger partial charge in [-0.1, -0.05) is 6.58 Å². The summed E-state index contributed by atoms with van der Waals surface area (Å²) in [6.45, 7) is 5.95. The zero-order valence-electron chi connectivity index (χ0n) is 6.19. The van der Waals surface area contributed by atoms with Gasteiger partial charge >= 0.3 is 5.97 Å². The van der Waals surface area contributed by atoms with Gasteiger partial charge < -0.3 is 12.4 Å². The van der Waals surface area contributed by atoms with Gasteiger partial charge in [-0.25, -0.2) is 4.79 Å². The van der Waals surface area contributed by atoms with Crippen LogP contribution in [0.25, 0.3) is 0 Å². The first-order chi connectivity index (χ1) is 4.20. The lowest BCUT2D eigenvalue weighted by Crippen LogP contribution is -3.08. The Kier molecular flexibility index (Phi) is 8.00. The minimum Gasteiger partial charge on any atom is -1.00 e. The molecule has 0 spiro atoms. The standard InChI is InChI=1S/C6H11NO2.ClH/c1-4-6(8)9-7(3)5-2;/h4H,1,5H2,2-3H3;1H. The summed E-state index contributed by atoms with van der Waals surface area (Å²) in [6, 6.07) is 0. The van der Waals surface area contributed by atoms with Crippen molar-refractivity contribution in [2.45, 2.75) is 6.92 Å². The lowest BCUT2D eigenvalue weighted by Gasteiger charge is -2.06. The maximum atomic E-state index is 10.4. The molecule has 0 rings (SSSR count). The fourth-order valence-corrected chi connectivity index (χ4v) is 0.286. The van der Waals surface area contributed by atoms with Gasteiger partial charge in [0, 0.05) is 6.08 Å². The first-order valence-corrected chi connectivity index (χ1v) is 2.87. The van der Waals surface area contributed by atoms with Crippen LogP contribution >= 0.6 is 0 Å². The molecule has 0 saturated carbocycles. The van der Waals surface area contributed by atoms with Crippen LogP contribution in [-0.4, -0.2) is 19.6 Å². The monoisotopic (exact) mass is 165 g/mol. The van der Waals surface area contributed by atoms with Crippen LogP contribution in [0.5, 0.6) is 0 Å². The summed E-state index contributed by atoms with van der Waals surface area (Å²) < 4.78 is 0. The van der Waals surface area contributed by atoms with Crippen molar-refractivity contribution in [3.63, 3.8) is 0 Å². The van der Waals surface area contributed by atoms with Crippen LogP contribution in [0.1, 0.15) is 6.92 Å². The number of nitrogens with one attached hydrogen (secondary N) is 1. The van der Waals surface area contributed by atoms with Crippen molar-refractivity contribution in [1.29, 1.82) is 0 Å². The van der Waals surface area contributed by atoms with Gasteiger partial charge in [0.25, 0.3) is 0 Å². The summed E-state index contributed by atoms with van der Waals surface area (Å²) in [4.78, 5) is 15.1. The third-order valence-corrected chi connectivity index (χ3v) is 0.939. The Hall–Kier alpha value is -0.540. The van der Waals surface area contributed by atoms with E-state index in [9.17, 15) is 4.79 Å². The molecule has 0 heterocycles. The highest BCUT2D eigenvalue weighted by atomic mass is 35.5. The summed E-state index contributed by atoms with van der Waals surface area (Å²) in [7, 11) is 1.77. The van der Waals surface area contributed by atoms with Crippen LogP contribution in [-0.2, 0) is 9.63 Å². The van der Waals surface area contributed by atoms with Crippen molar-refractivity contribution in [1.82, 2.24) is 0 Å². The third kappa shape index (κ3) is 5.59. The van der Waals surface area contributed by atoms with Crippen molar-refractivity contribution >= 4 is 5.97 Å². The van der Waals surface area contributed by atoms with Crippen molar-refractivity contribution in [2.75, 3.05) is 13.6 Å². The van der Waals surface area contributed by atoms with E-state index in [1.54, 1.807) is 7.05 Å². The van der Waals surface area contributed by atoms with Gasteiger partial charge in [0.1, 0.15) is 13.6 Å². The molecule has 0 aromatic rings. The minimum absolute atomic E-state index is 0. The molecule has 0 saturated heterocycles. The second-order valence-electron chi connectivity index (χ2n) is 1.68. The first kappa shape index (κ1) is 12.2. The second-order valence-corrected chi connectivity index (χ2v) is 1.68. The molecule has 60 valence electrons. The van der Waals surface area contributed by atoms with Gasteiger partial charge in [-0.05, 0) is 6.92 Å². The Labute approximate surface area is 67.0 Å². The van der Waals surface area contributed by atoms with Crippen LogP contribution in [0.3, 0.4) is 0 Å². The van der Waals surface area contributed by atoms with Crippen molar-refractivity contribution in [2.24, 2.45) is 0 Å². The smallest absolute Gasteiger partial charge is 0.389 e. The second kappa shape index (κ2) is 6.58. The number of rotatable bonds is 3. The molecule has 0 aliphatic carbocycles. The van der Waals surface area contributed by atoms with E-state index in [1.807, 2.05) is 6.92 Å². The lowest BCUT2D eigenvalue weighted by atomic mass is 10.7. The van der Waals surface area contributed by atoms with Crippen molar-refractivity contribution in [3.05, 3.63) is 12.7 Å². The van der Waals surface area contributed by atoms with E-state index in [0.29, 0.717) is 0 Å². The largest absolute Gasteiger partial charge is 1.00 e. The predicted octanol–water partition coefficient (Wildman–Crippen LogP) is -3.83. The molecule has 0 aliphatic heterocycles. The number of carbonyl (C=O) groups excluding carboxylic acids is 1. The zero-order chi connectivity index (χ0) is 7.28. The third-order valence-electron chi connectivity index (χ3n) is 0.939. The fourth-order valence-electron chi connectivity index (χ4n) is 0.286. The van der Waals surface area contributed by atoms with Crippen LogP contribution in [0.4, 0.5) is 0 Å². The molecule has 10 heavy (non-hydrogen) atoms. The molecule has 3 nitrogen and oxygen atoms in total. The highest BCUT2D eigenvalue weighted by Crippen LogP contribution is 1.65. The van der Waals surface area contributed by atoms with Gasteiger partial charge in [0.2, 0.25) is 0 Å². The number of quaternary nitrogens is 1. The maximum Gasteiger partial charge on any atom is 0.389 e. The Balaban J connectivity index is 0. The number of hydroxylamine groups is 2. The van der Waals surface area contributed by atoms with Gasteiger partial charge in [0.05, 0.1) is 0 Å². The molecule has 4 heteroatoms. The first-order valence-electron chi connectivity index (χ1n) is 2.87. The molecule has 0 fully saturated rings. The topological polar surface area (TPSA) is 30.7 Å². The quantitative estimate of drug-likeness (QED) is 0.343. The fraction of sp³-hybridized carbons (Fsp3) is 0.500. The van der Waals surface area contributed by atoms with Gasteiger partial charge in [0.15, 0.2) is 0 Å². The Morgan fingerprint density at radius 3 is 2.60 bits per heavy atom. The zero-order valence-corrected chi connectivity index (χ0v) is 6.94. The molecule has 1 atom stereocenters. The molecular weight excluding hydrogens is 154 g/mol. The molecule has 0 bridgehead atoms. The Bertz CT molecular complexity index is 116. The summed E-state index contributed by atoms with van der Waals surface area (Å²) in [5.41, 5.74) is 0. The molecule has 1 unspecified atom stereocenters. The number of hydrogen-bond acceptors (Lipinski definition) is 2. The van der Waals surface area contributed by atoms with E-state index in [0.717, 1.165) is 17.7 Å². The Morgan fingerprint density at radius 1 is 1.80 bits per heavy atom. The minimum atomic E-state index is -0.380. The molecule has 0 radical (unpaired) electrons. The highest BCUT2D eigenvalue weighted by molar-refractivity contribution is 5.80. The molecular formula is C6H12ClNO2. The highest BCUT2D eigenvalue weighted by Gasteiger charge is 2.02. The van der Waals surface area contributed by atoms with E-state index < -0.39 is 0 Å².